The summed E-state index contributed by atoms with van der Waals surface area (Å²) < 4.78 is 1.79. The van der Waals surface area contributed by atoms with Gasteiger partial charge in [0.15, 0.2) is 0 Å². The number of fused-ring (bicyclic) bond motifs is 1. The van der Waals surface area contributed by atoms with E-state index in [-0.39, 0.29) is 0 Å². The Morgan fingerprint density at radius 3 is 3.08 bits per heavy atom. The minimum atomic E-state index is 0.522. The molecule has 2 N–H and O–H groups in total. The van der Waals surface area contributed by atoms with Crippen molar-refractivity contribution in [3.63, 3.8) is 0 Å². The fourth-order valence-corrected chi connectivity index (χ4v) is 1.18. The van der Waals surface area contributed by atoms with Crippen molar-refractivity contribution < 1.29 is 0 Å². The standard InChI is InChI=1S/C8H10N4/c1-12-8-2-6(3-9)4-10-7(8)5-11-12/h2,4-5H,3,9H2,1H3. The maximum Gasteiger partial charge on any atom is 0.108 e. The lowest BCUT2D eigenvalue weighted by atomic mass is 10.2. The van der Waals surface area contributed by atoms with E-state index in [4.69, 9.17) is 5.73 Å². The topological polar surface area (TPSA) is 56.7 Å². The van der Waals surface area contributed by atoms with Gasteiger partial charge in [0.1, 0.15) is 5.52 Å². The number of pyridine rings is 1. The van der Waals surface area contributed by atoms with Gasteiger partial charge in [-0.1, -0.05) is 0 Å². The van der Waals surface area contributed by atoms with Crippen LogP contribution in [0.15, 0.2) is 18.5 Å². The summed E-state index contributed by atoms with van der Waals surface area (Å²) in [4.78, 5) is 4.21. The quantitative estimate of drug-likeness (QED) is 0.661. The van der Waals surface area contributed by atoms with E-state index < -0.39 is 0 Å². The third-order valence-electron chi connectivity index (χ3n) is 1.89. The van der Waals surface area contributed by atoms with Crippen molar-refractivity contribution in [1.82, 2.24) is 14.8 Å². The van der Waals surface area contributed by atoms with E-state index in [1.165, 1.54) is 0 Å². The van der Waals surface area contributed by atoms with Crippen LogP contribution in [0.1, 0.15) is 5.56 Å². The fourth-order valence-electron chi connectivity index (χ4n) is 1.18. The highest BCUT2D eigenvalue weighted by molar-refractivity contribution is 5.74. The van der Waals surface area contributed by atoms with Gasteiger partial charge in [0, 0.05) is 19.8 Å². The second kappa shape index (κ2) is 2.57. The summed E-state index contributed by atoms with van der Waals surface area (Å²) in [6.07, 6.45) is 3.53. The minimum absolute atomic E-state index is 0.522. The van der Waals surface area contributed by atoms with Crippen LogP contribution in [0.25, 0.3) is 11.0 Å². The first-order valence-corrected chi connectivity index (χ1v) is 3.78. The Hall–Kier alpha value is -1.42. The molecule has 2 rings (SSSR count). The molecular formula is C8H10N4. The molecule has 2 aromatic heterocycles. The van der Waals surface area contributed by atoms with Crippen molar-refractivity contribution >= 4 is 11.0 Å². The Kier molecular flexibility index (Phi) is 1.55. The molecule has 4 nitrogen and oxygen atoms in total. The van der Waals surface area contributed by atoms with Crippen LogP contribution in [0.5, 0.6) is 0 Å². The number of rotatable bonds is 1. The van der Waals surface area contributed by atoms with Crippen molar-refractivity contribution in [1.29, 1.82) is 0 Å². The van der Waals surface area contributed by atoms with Gasteiger partial charge >= 0.3 is 0 Å². The Labute approximate surface area is 70.0 Å². The van der Waals surface area contributed by atoms with E-state index >= 15 is 0 Å². The van der Waals surface area contributed by atoms with Crippen LogP contribution in [-0.2, 0) is 13.6 Å². The average Bonchev–Trinajstić information content (AvgIpc) is 2.47. The number of hydrogen-bond acceptors (Lipinski definition) is 3. The summed E-state index contributed by atoms with van der Waals surface area (Å²) in [5.74, 6) is 0. The van der Waals surface area contributed by atoms with Crippen molar-refractivity contribution in [2.75, 3.05) is 0 Å². The van der Waals surface area contributed by atoms with Crippen LogP contribution >= 0.6 is 0 Å². The Balaban J connectivity index is 2.71. The van der Waals surface area contributed by atoms with Crippen LogP contribution < -0.4 is 5.73 Å². The molecule has 0 atom stereocenters. The molecule has 0 unspecified atom stereocenters. The summed E-state index contributed by atoms with van der Waals surface area (Å²) in [7, 11) is 1.89. The predicted octanol–water partition coefficient (Wildman–Crippen LogP) is 0.427. The van der Waals surface area contributed by atoms with Crippen LogP contribution in [0, 0.1) is 0 Å². The van der Waals surface area contributed by atoms with Gasteiger partial charge in [-0.3, -0.25) is 9.67 Å². The number of aryl methyl sites for hydroxylation is 1. The average molecular weight is 162 g/mol. The molecule has 0 aliphatic heterocycles. The highest BCUT2D eigenvalue weighted by Gasteiger charge is 2.00. The van der Waals surface area contributed by atoms with Gasteiger partial charge in [-0.15, -0.1) is 0 Å². The summed E-state index contributed by atoms with van der Waals surface area (Å²) in [6.45, 7) is 0.522. The second-order valence-corrected chi connectivity index (χ2v) is 2.72. The van der Waals surface area contributed by atoms with Crippen molar-refractivity contribution in [3.05, 3.63) is 24.0 Å². The highest BCUT2D eigenvalue weighted by Crippen LogP contribution is 2.10. The van der Waals surface area contributed by atoms with Crippen molar-refractivity contribution in [3.8, 4) is 0 Å². The lowest BCUT2D eigenvalue weighted by Gasteiger charge is -1.96. The van der Waals surface area contributed by atoms with Gasteiger partial charge in [-0.05, 0) is 11.6 Å². The molecule has 0 aliphatic carbocycles. The smallest absolute Gasteiger partial charge is 0.108 e. The van der Waals surface area contributed by atoms with E-state index in [0.29, 0.717) is 6.54 Å². The van der Waals surface area contributed by atoms with E-state index in [1.54, 1.807) is 17.1 Å². The first-order chi connectivity index (χ1) is 5.81. The summed E-state index contributed by atoms with van der Waals surface area (Å²) in [5.41, 5.74) is 8.46. The van der Waals surface area contributed by atoms with Gasteiger partial charge in [0.2, 0.25) is 0 Å². The zero-order chi connectivity index (χ0) is 8.55. The van der Waals surface area contributed by atoms with E-state index in [1.807, 2.05) is 13.1 Å². The van der Waals surface area contributed by atoms with E-state index in [0.717, 1.165) is 16.6 Å². The van der Waals surface area contributed by atoms with Crippen molar-refractivity contribution in [2.24, 2.45) is 12.8 Å². The zero-order valence-electron chi connectivity index (χ0n) is 6.86. The lowest BCUT2D eigenvalue weighted by molar-refractivity contribution is 0.796. The monoisotopic (exact) mass is 162 g/mol. The molecule has 2 heterocycles. The Bertz CT molecular complexity index is 404. The number of nitrogens with two attached hydrogens (primary N) is 1. The van der Waals surface area contributed by atoms with E-state index in [2.05, 4.69) is 10.1 Å². The molecule has 12 heavy (non-hydrogen) atoms. The van der Waals surface area contributed by atoms with Crippen molar-refractivity contribution in [2.45, 2.75) is 6.54 Å². The predicted molar refractivity (Wildman–Crippen MR) is 46.4 cm³/mol. The van der Waals surface area contributed by atoms with E-state index in [9.17, 15) is 0 Å². The molecule has 0 aromatic carbocycles. The van der Waals surface area contributed by atoms with Gasteiger partial charge in [0.05, 0.1) is 11.7 Å². The Morgan fingerprint density at radius 2 is 2.33 bits per heavy atom. The number of hydrogen-bond donors (Lipinski definition) is 1. The summed E-state index contributed by atoms with van der Waals surface area (Å²) in [6, 6.07) is 2.01. The maximum atomic E-state index is 5.49. The molecule has 0 saturated carbocycles. The molecule has 0 amide bonds. The van der Waals surface area contributed by atoms with Crippen LogP contribution in [-0.4, -0.2) is 14.8 Å². The lowest BCUT2D eigenvalue weighted by Crippen LogP contribution is -1.97. The molecule has 0 fully saturated rings. The fraction of sp³-hybridized carbons (Fsp3) is 0.250. The van der Waals surface area contributed by atoms with Gasteiger partial charge in [0.25, 0.3) is 0 Å². The normalized spacial score (nSPS) is 10.8. The third kappa shape index (κ3) is 0.967. The van der Waals surface area contributed by atoms with Gasteiger partial charge in [-0.2, -0.15) is 5.10 Å². The molecule has 0 bridgehead atoms. The van der Waals surface area contributed by atoms with Crippen LogP contribution in [0.3, 0.4) is 0 Å². The SMILES string of the molecule is Cn1ncc2ncc(CN)cc21. The Morgan fingerprint density at radius 1 is 1.50 bits per heavy atom. The van der Waals surface area contributed by atoms with Gasteiger partial charge in [-0.25, -0.2) is 0 Å². The third-order valence-corrected chi connectivity index (χ3v) is 1.89. The molecule has 4 heteroatoms. The second-order valence-electron chi connectivity index (χ2n) is 2.72. The molecule has 0 saturated heterocycles. The first kappa shape index (κ1) is 7.24. The minimum Gasteiger partial charge on any atom is -0.326 e. The van der Waals surface area contributed by atoms with Crippen LogP contribution in [0.2, 0.25) is 0 Å². The summed E-state index contributed by atoms with van der Waals surface area (Å²) >= 11 is 0. The highest BCUT2D eigenvalue weighted by atomic mass is 15.3. The molecule has 0 spiro atoms. The molecule has 2 aromatic rings. The summed E-state index contributed by atoms with van der Waals surface area (Å²) in [5, 5.41) is 4.08. The molecule has 0 radical (unpaired) electrons. The van der Waals surface area contributed by atoms with Crippen LogP contribution in [0.4, 0.5) is 0 Å². The first-order valence-electron chi connectivity index (χ1n) is 3.78. The van der Waals surface area contributed by atoms with Gasteiger partial charge < -0.3 is 5.73 Å². The maximum absolute atomic E-state index is 5.49. The number of nitrogens with zero attached hydrogens (tertiary/aromatic N) is 3. The molecular weight excluding hydrogens is 152 g/mol. The zero-order valence-corrected chi connectivity index (χ0v) is 6.86. The molecule has 0 aliphatic rings. The largest absolute Gasteiger partial charge is 0.326 e. The number of aromatic nitrogens is 3. The molecule has 62 valence electrons.